The second-order valence-electron chi connectivity index (χ2n) is 9.27. The van der Waals surface area contributed by atoms with Gasteiger partial charge in [0, 0.05) is 26.1 Å². The van der Waals surface area contributed by atoms with E-state index in [9.17, 15) is 14.4 Å². The maximum absolute atomic E-state index is 13.3. The third kappa shape index (κ3) is 6.17. The van der Waals surface area contributed by atoms with Crippen LogP contribution in [0, 0.1) is 0 Å². The average Bonchev–Trinajstić information content (AvgIpc) is 3.12. The Bertz CT molecular complexity index is 1040. The van der Waals surface area contributed by atoms with Crippen molar-refractivity contribution in [1.29, 1.82) is 0 Å². The number of nitrogens with zero attached hydrogens (tertiary/aromatic N) is 2. The van der Waals surface area contributed by atoms with E-state index in [0.29, 0.717) is 32.4 Å². The number of benzene rings is 2. The molecule has 8 nitrogen and oxygen atoms in total. The van der Waals surface area contributed by atoms with E-state index in [2.05, 4.69) is 15.5 Å². The molecule has 0 unspecified atom stereocenters. The fraction of sp³-hybridized carbons (Fsp3) is 0.444. The van der Waals surface area contributed by atoms with E-state index in [1.807, 2.05) is 61.5 Å². The molecule has 0 aromatic heterocycles. The second kappa shape index (κ2) is 12.2. The number of halogens is 1. The van der Waals surface area contributed by atoms with Gasteiger partial charge in [0.05, 0.1) is 19.7 Å². The van der Waals surface area contributed by atoms with E-state index in [0.717, 1.165) is 29.8 Å². The van der Waals surface area contributed by atoms with Gasteiger partial charge in [-0.3, -0.25) is 14.5 Å². The first-order chi connectivity index (χ1) is 16.9. The summed E-state index contributed by atoms with van der Waals surface area (Å²) in [5.74, 6) is 0.626. The topological polar surface area (TPSA) is 91.0 Å². The van der Waals surface area contributed by atoms with Crippen LogP contribution in [0.2, 0.25) is 0 Å². The fourth-order valence-electron chi connectivity index (χ4n) is 4.85. The number of carbonyl (C=O) groups is 3. The van der Waals surface area contributed by atoms with Gasteiger partial charge in [0.2, 0.25) is 5.91 Å². The predicted octanol–water partition coefficient (Wildman–Crippen LogP) is 3.66. The van der Waals surface area contributed by atoms with Gasteiger partial charge >= 0.3 is 6.03 Å². The van der Waals surface area contributed by atoms with Crippen molar-refractivity contribution < 1.29 is 19.1 Å². The molecule has 2 heterocycles. The highest BCUT2D eigenvalue weighted by molar-refractivity contribution is 6.07. The molecule has 1 spiro atoms. The lowest BCUT2D eigenvalue weighted by molar-refractivity contribution is -0.133. The molecule has 36 heavy (non-hydrogen) atoms. The van der Waals surface area contributed by atoms with Gasteiger partial charge < -0.3 is 20.3 Å². The van der Waals surface area contributed by atoms with Crippen LogP contribution in [-0.2, 0) is 16.1 Å². The molecule has 1 atom stereocenters. The Morgan fingerprint density at radius 2 is 1.75 bits per heavy atom. The average molecular weight is 515 g/mol. The number of imide groups is 1. The van der Waals surface area contributed by atoms with Crippen molar-refractivity contribution in [3.63, 3.8) is 0 Å². The Morgan fingerprint density at radius 3 is 2.36 bits per heavy atom. The molecule has 0 saturated carbocycles. The van der Waals surface area contributed by atoms with Gasteiger partial charge in [0.25, 0.3) is 5.91 Å². The maximum atomic E-state index is 13.3. The zero-order chi connectivity index (χ0) is 24.8. The lowest BCUT2D eigenvalue weighted by Gasteiger charge is -2.37. The Hall–Kier alpha value is -3.10. The number of carbonyl (C=O) groups excluding carboxylic acids is 3. The summed E-state index contributed by atoms with van der Waals surface area (Å²) in [5, 5.41) is 6.11. The highest BCUT2D eigenvalue weighted by Gasteiger charge is 2.52. The van der Waals surface area contributed by atoms with Gasteiger partial charge in [-0.15, -0.1) is 12.4 Å². The van der Waals surface area contributed by atoms with Crippen molar-refractivity contribution in [3.8, 4) is 5.75 Å². The number of amides is 4. The molecular weight excluding hydrogens is 480 g/mol. The van der Waals surface area contributed by atoms with Crippen LogP contribution in [0.3, 0.4) is 0 Å². The molecule has 0 bridgehead atoms. The van der Waals surface area contributed by atoms with Crippen LogP contribution in [0.15, 0.2) is 54.6 Å². The Balaban J connectivity index is 0.00000361. The summed E-state index contributed by atoms with van der Waals surface area (Å²) in [5.41, 5.74) is 1.15. The molecule has 4 amide bonds. The summed E-state index contributed by atoms with van der Waals surface area (Å²) >= 11 is 0. The quantitative estimate of drug-likeness (QED) is 0.498. The molecule has 0 radical (unpaired) electrons. The number of likely N-dealkylation sites (tertiary alicyclic amines) is 1. The van der Waals surface area contributed by atoms with Crippen molar-refractivity contribution in [2.75, 3.05) is 26.7 Å². The SMILES string of the molecule is CCC(=O)N[C@@H](CCN1CCC2(CC1)NC(=O)N(Cc1ccc(OC)cc1)C2=O)c1ccccc1.Cl. The number of nitrogens with one attached hydrogen (secondary N) is 2. The minimum atomic E-state index is -0.824. The van der Waals surface area contributed by atoms with E-state index < -0.39 is 5.54 Å². The first-order valence-electron chi connectivity index (χ1n) is 12.3. The molecular formula is C27H35ClN4O4. The zero-order valence-electron chi connectivity index (χ0n) is 20.9. The molecule has 2 aliphatic heterocycles. The van der Waals surface area contributed by atoms with E-state index in [4.69, 9.17) is 4.74 Å². The number of piperidine rings is 1. The monoisotopic (exact) mass is 514 g/mol. The van der Waals surface area contributed by atoms with Crippen molar-refractivity contribution in [2.45, 2.75) is 50.7 Å². The van der Waals surface area contributed by atoms with Gasteiger partial charge in [0.1, 0.15) is 11.3 Å². The van der Waals surface area contributed by atoms with Gasteiger partial charge in [-0.2, -0.15) is 0 Å². The summed E-state index contributed by atoms with van der Waals surface area (Å²) in [6.07, 6.45) is 2.39. The molecule has 4 rings (SSSR count). The molecule has 2 fully saturated rings. The summed E-state index contributed by atoms with van der Waals surface area (Å²) in [6.45, 7) is 4.33. The number of ether oxygens (including phenoxy) is 1. The van der Waals surface area contributed by atoms with Crippen LogP contribution >= 0.6 is 12.4 Å². The maximum Gasteiger partial charge on any atom is 0.325 e. The highest BCUT2D eigenvalue weighted by Crippen LogP contribution is 2.31. The molecule has 194 valence electrons. The van der Waals surface area contributed by atoms with Crippen LogP contribution in [-0.4, -0.2) is 59.9 Å². The van der Waals surface area contributed by atoms with Crippen LogP contribution < -0.4 is 15.4 Å². The van der Waals surface area contributed by atoms with Crippen LogP contribution in [0.1, 0.15) is 49.8 Å². The van der Waals surface area contributed by atoms with E-state index in [-0.39, 0.29) is 42.8 Å². The molecule has 0 aliphatic carbocycles. The molecule has 2 saturated heterocycles. The van der Waals surface area contributed by atoms with Crippen molar-refractivity contribution in [2.24, 2.45) is 0 Å². The van der Waals surface area contributed by atoms with E-state index >= 15 is 0 Å². The highest BCUT2D eigenvalue weighted by atomic mass is 35.5. The molecule has 2 aliphatic rings. The number of methoxy groups -OCH3 is 1. The van der Waals surface area contributed by atoms with Gasteiger partial charge in [-0.1, -0.05) is 49.4 Å². The van der Waals surface area contributed by atoms with E-state index in [1.165, 1.54) is 4.90 Å². The Labute approximate surface area is 218 Å². The van der Waals surface area contributed by atoms with Crippen LogP contribution in [0.4, 0.5) is 4.79 Å². The minimum Gasteiger partial charge on any atom is -0.497 e. The molecule has 2 N–H and O–H groups in total. The summed E-state index contributed by atoms with van der Waals surface area (Å²) in [6, 6.07) is 17.0. The number of hydrogen-bond donors (Lipinski definition) is 2. The Morgan fingerprint density at radius 1 is 1.08 bits per heavy atom. The predicted molar refractivity (Wildman–Crippen MR) is 140 cm³/mol. The molecule has 2 aromatic carbocycles. The minimum absolute atomic E-state index is 0. The molecule has 2 aromatic rings. The lowest BCUT2D eigenvalue weighted by atomic mass is 9.87. The second-order valence-corrected chi connectivity index (χ2v) is 9.27. The first-order valence-corrected chi connectivity index (χ1v) is 12.3. The summed E-state index contributed by atoms with van der Waals surface area (Å²) < 4.78 is 5.18. The normalized spacial score (nSPS) is 17.9. The number of hydrogen-bond acceptors (Lipinski definition) is 5. The first kappa shape index (κ1) is 27.5. The van der Waals surface area contributed by atoms with Crippen LogP contribution in [0.25, 0.3) is 0 Å². The van der Waals surface area contributed by atoms with E-state index in [1.54, 1.807) is 7.11 Å². The third-order valence-corrected chi connectivity index (χ3v) is 7.05. The standard InChI is InChI=1S/C27H34N4O4.ClH/c1-3-24(32)28-23(21-7-5-4-6-8-21)13-16-30-17-14-27(15-18-30)25(33)31(26(34)29-27)19-20-9-11-22(35-2)12-10-20;/h4-12,23H,3,13-19H2,1-2H3,(H,28,32)(H,29,34);1H/t23-;/m0./s1. The smallest absolute Gasteiger partial charge is 0.325 e. The van der Waals surface area contributed by atoms with Gasteiger partial charge in [0.15, 0.2) is 0 Å². The summed E-state index contributed by atoms with van der Waals surface area (Å²) in [7, 11) is 1.60. The van der Waals surface area contributed by atoms with Gasteiger partial charge in [-0.25, -0.2) is 4.79 Å². The zero-order valence-corrected chi connectivity index (χ0v) is 21.7. The number of rotatable bonds is 9. The lowest BCUT2D eigenvalue weighted by Crippen LogP contribution is -2.55. The van der Waals surface area contributed by atoms with Gasteiger partial charge in [-0.05, 0) is 42.5 Å². The van der Waals surface area contributed by atoms with Crippen molar-refractivity contribution in [1.82, 2.24) is 20.4 Å². The van der Waals surface area contributed by atoms with Crippen molar-refractivity contribution in [3.05, 3.63) is 65.7 Å². The van der Waals surface area contributed by atoms with Crippen LogP contribution in [0.5, 0.6) is 5.75 Å². The Kier molecular flexibility index (Phi) is 9.34. The fourth-order valence-corrected chi connectivity index (χ4v) is 4.85. The third-order valence-electron chi connectivity index (χ3n) is 7.05. The molecule has 9 heteroatoms. The van der Waals surface area contributed by atoms with Crippen molar-refractivity contribution >= 4 is 30.3 Å². The largest absolute Gasteiger partial charge is 0.497 e. The summed E-state index contributed by atoms with van der Waals surface area (Å²) in [4.78, 5) is 41.7. The number of urea groups is 1.